The number of piperidine rings is 1. The van der Waals surface area contributed by atoms with Crippen LogP contribution in [0.25, 0.3) is 0 Å². The fraction of sp³-hybridized carbons (Fsp3) is 0.481. The molecule has 14 heteroatoms. The van der Waals surface area contributed by atoms with Crippen molar-refractivity contribution >= 4 is 34.6 Å². The maximum absolute atomic E-state index is 14.8. The number of hydrogen-bond acceptors (Lipinski definition) is 7. The number of hydrogen-bond donors (Lipinski definition) is 2. The topological polar surface area (TPSA) is 112 Å². The maximum atomic E-state index is 14.8. The van der Waals surface area contributed by atoms with Crippen molar-refractivity contribution < 1.29 is 37.3 Å². The number of benzene rings is 2. The molecule has 0 aliphatic carbocycles. The third kappa shape index (κ3) is 11.2. The van der Waals surface area contributed by atoms with Gasteiger partial charge in [0.2, 0.25) is 0 Å². The van der Waals surface area contributed by atoms with Gasteiger partial charge in [-0.15, -0.1) is 0 Å². The second kappa shape index (κ2) is 17.9. The summed E-state index contributed by atoms with van der Waals surface area (Å²) in [4.78, 5) is 27.4. The second-order valence-corrected chi connectivity index (χ2v) is 10.8. The summed E-state index contributed by atoms with van der Waals surface area (Å²) < 4.78 is 54.3. The van der Waals surface area contributed by atoms with Gasteiger partial charge in [-0.3, -0.25) is 14.9 Å². The Hall–Kier alpha value is -2.84. The molecule has 41 heavy (non-hydrogen) atoms. The lowest BCUT2D eigenvalue weighted by atomic mass is 10.1. The van der Waals surface area contributed by atoms with E-state index in [4.69, 9.17) is 26.3 Å². The molecular formula is C27H37ClF2N4O6S. The molecule has 2 amide bonds. The fourth-order valence-corrected chi connectivity index (χ4v) is 5.14. The van der Waals surface area contributed by atoms with Gasteiger partial charge in [0, 0.05) is 31.7 Å². The van der Waals surface area contributed by atoms with Crippen molar-refractivity contribution in [1.29, 1.82) is 0 Å². The molecule has 0 saturated carbocycles. The van der Waals surface area contributed by atoms with Crippen LogP contribution < -0.4 is 10.2 Å². The molecule has 228 valence electrons. The van der Waals surface area contributed by atoms with Crippen LogP contribution in [0.1, 0.15) is 33.1 Å². The molecule has 1 atom stereocenters. The largest absolute Gasteiger partial charge is 0.451 e. The number of likely N-dealkylation sites (N-methyl/N-ethyl adjacent to an activating group) is 1. The average molecular weight is 619 g/mol. The third-order valence-corrected chi connectivity index (χ3v) is 7.64. The molecule has 0 radical (unpaired) electrons. The standard InChI is InChI=1S/C25H31ClF2N4O6S.C2H6/c1-30(25(34)37-14-13-31-9-3-2-4-10-31)11-12-32(17-23(33)29-35)39(36)20-15-21(27)24(22(28)16-20)38-19-7-5-18(26)6-8-19;1-2/h5-8,15-16,35H,2-4,9-14,17H2,1H3,(H,29,33);1-2H3. The quantitative estimate of drug-likeness (QED) is 0.259. The van der Waals surface area contributed by atoms with Crippen LogP contribution in [0.5, 0.6) is 11.5 Å². The van der Waals surface area contributed by atoms with E-state index in [1.807, 2.05) is 13.8 Å². The zero-order valence-electron chi connectivity index (χ0n) is 23.4. The summed E-state index contributed by atoms with van der Waals surface area (Å²) in [7, 11) is -0.766. The lowest BCUT2D eigenvalue weighted by molar-refractivity contribution is -0.129. The van der Waals surface area contributed by atoms with E-state index in [0.717, 1.165) is 42.4 Å². The number of ether oxygens (including phenoxy) is 2. The van der Waals surface area contributed by atoms with Gasteiger partial charge in [0.05, 0.1) is 11.4 Å². The highest BCUT2D eigenvalue weighted by Gasteiger charge is 2.24. The number of hydroxylamine groups is 1. The van der Waals surface area contributed by atoms with E-state index in [1.54, 1.807) is 0 Å². The van der Waals surface area contributed by atoms with Crippen molar-refractivity contribution in [2.24, 2.45) is 0 Å². The van der Waals surface area contributed by atoms with Gasteiger partial charge in [-0.25, -0.2) is 27.6 Å². The molecule has 1 unspecified atom stereocenters. The first-order valence-electron chi connectivity index (χ1n) is 13.3. The average Bonchev–Trinajstić information content (AvgIpc) is 2.98. The van der Waals surface area contributed by atoms with Gasteiger partial charge >= 0.3 is 6.09 Å². The van der Waals surface area contributed by atoms with Gasteiger partial charge in [-0.2, -0.15) is 0 Å². The Morgan fingerprint density at radius 1 is 1.07 bits per heavy atom. The van der Waals surface area contributed by atoms with Crippen LogP contribution in [-0.2, 0) is 20.5 Å². The van der Waals surface area contributed by atoms with Gasteiger partial charge in [-0.05, 0) is 62.3 Å². The number of nitrogens with zero attached hydrogens (tertiary/aromatic N) is 3. The minimum atomic E-state index is -2.24. The molecule has 1 fully saturated rings. The van der Waals surface area contributed by atoms with Crippen LogP contribution in [-0.4, -0.2) is 88.4 Å². The third-order valence-electron chi connectivity index (χ3n) is 5.96. The van der Waals surface area contributed by atoms with Gasteiger partial charge < -0.3 is 14.4 Å². The first kappa shape index (κ1) is 34.4. The molecule has 2 N–H and O–H groups in total. The van der Waals surface area contributed by atoms with Crippen molar-refractivity contribution in [2.45, 2.75) is 38.0 Å². The Bertz CT molecular complexity index is 1130. The van der Waals surface area contributed by atoms with Crippen molar-refractivity contribution in [3.63, 3.8) is 0 Å². The summed E-state index contributed by atoms with van der Waals surface area (Å²) in [6.07, 6.45) is 2.83. The number of rotatable bonds is 12. The van der Waals surface area contributed by atoms with Crippen LogP contribution in [0.4, 0.5) is 13.6 Å². The SMILES string of the molecule is CC.CN(CCN(CC(=O)NO)S(=O)c1cc(F)c(Oc2ccc(Cl)cc2)c(F)c1)C(=O)OCCN1CCCCC1. The van der Waals surface area contributed by atoms with Crippen molar-refractivity contribution in [2.75, 3.05) is 52.9 Å². The van der Waals surface area contributed by atoms with E-state index in [-0.39, 0.29) is 30.3 Å². The minimum Gasteiger partial charge on any atom is -0.451 e. The van der Waals surface area contributed by atoms with E-state index in [9.17, 15) is 22.6 Å². The number of carbonyl (C=O) groups is 2. The van der Waals surface area contributed by atoms with Gasteiger partial charge in [0.1, 0.15) is 23.3 Å². The molecular weight excluding hydrogens is 582 g/mol. The highest BCUT2D eigenvalue weighted by Crippen LogP contribution is 2.30. The molecule has 0 bridgehead atoms. The maximum Gasteiger partial charge on any atom is 0.409 e. The van der Waals surface area contributed by atoms with Gasteiger partial charge in [-0.1, -0.05) is 31.9 Å². The molecule has 10 nitrogen and oxygen atoms in total. The highest BCUT2D eigenvalue weighted by molar-refractivity contribution is 7.82. The molecule has 2 aromatic rings. The zero-order chi connectivity index (χ0) is 30.4. The first-order chi connectivity index (χ1) is 19.7. The molecule has 0 aromatic heterocycles. The molecule has 1 aliphatic heterocycles. The Labute approximate surface area is 246 Å². The summed E-state index contributed by atoms with van der Waals surface area (Å²) >= 11 is 5.81. The molecule has 3 rings (SSSR count). The summed E-state index contributed by atoms with van der Waals surface area (Å²) in [5.41, 5.74) is 1.43. The van der Waals surface area contributed by atoms with Crippen LogP contribution >= 0.6 is 11.6 Å². The normalized spacial score (nSPS) is 14.0. The van der Waals surface area contributed by atoms with E-state index >= 15 is 0 Å². The molecule has 0 spiro atoms. The fourth-order valence-electron chi connectivity index (χ4n) is 3.83. The zero-order valence-corrected chi connectivity index (χ0v) is 25.0. The number of carbonyl (C=O) groups excluding carboxylic acids is 2. The van der Waals surface area contributed by atoms with Crippen molar-refractivity contribution in [3.05, 3.63) is 53.1 Å². The van der Waals surface area contributed by atoms with Crippen molar-refractivity contribution in [1.82, 2.24) is 19.6 Å². The van der Waals surface area contributed by atoms with Crippen LogP contribution in [0.15, 0.2) is 41.3 Å². The molecule has 1 heterocycles. The van der Waals surface area contributed by atoms with Gasteiger partial charge in [0.15, 0.2) is 17.4 Å². The van der Waals surface area contributed by atoms with E-state index in [1.165, 1.54) is 48.1 Å². The summed E-state index contributed by atoms with van der Waals surface area (Å²) in [5, 5.41) is 9.34. The van der Waals surface area contributed by atoms with Crippen molar-refractivity contribution in [3.8, 4) is 11.5 Å². The Morgan fingerprint density at radius 2 is 1.68 bits per heavy atom. The predicted molar refractivity (Wildman–Crippen MR) is 151 cm³/mol. The van der Waals surface area contributed by atoms with Crippen LogP contribution in [0.3, 0.4) is 0 Å². The Morgan fingerprint density at radius 3 is 2.27 bits per heavy atom. The van der Waals surface area contributed by atoms with Crippen LogP contribution in [0, 0.1) is 11.6 Å². The summed E-state index contributed by atoms with van der Waals surface area (Å²) in [5.74, 6) is -3.70. The Kier molecular flexibility index (Phi) is 15.0. The number of nitrogens with one attached hydrogen (secondary N) is 1. The smallest absolute Gasteiger partial charge is 0.409 e. The van der Waals surface area contributed by atoms with Crippen LogP contribution in [0.2, 0.25) is 5.02 Å². The lowest BCUT2D eigenvalue weighted by Gasteiger charge is -2.27. The molecule has 1 aliphatic rings. The second-order valence-electron chi connectivity index (χ2n) is 8.86. The molecule has 1 saturated heterocycles. The number of halogens is 3. The Balaban J connectivity index is 0.00000287. The monoisotopic (exact) mass is 618 g/mol. The number of likely N-dealkylation sites (tertiary alicyclic amines) is 1. The van der Waals surface area contributed by atoms with Gasteiger partial charge in [0.25, 0.3) is 5.91 Å². The summed E-state index contributed by atoms with van der Waals surface area (Å²) in [6.45, 7) is 6.05. The van der Waals surface area contributed by atoms with E-state index < -0.39 is 46.9 Å². The predicted octanol–water partition coefficient (Wildman–Crippen LogP) is 4.82. The summed E-state index contributed by atoms with van der Waals surface area (Å²) in [6, 6.07) is 7.48. The van der Waals surface area contributed by atoms with E-state index in [0.29, 0.717) is 11.6 Å². The number of amides is 2. The first-order valence-corrected chi connectivity index (χ1v) is 14.8. The molecule has 2 aromatic carbocycles. The highest BCUT2D eigenvalue weighted by atomic mass is 35.5. The van der Waals surface area contributed by atoms with E-state index in [2.05, 4.69) is 4.90 Å². The lowest BCUT2D eigenvalue weighted by Crippen LogP contribution is -2.42. The minimum absolute atomic E-state index is 0.0181.